The number of nitro groups is 1. The Morgan fingerprint density at radius 1 is 0.750 bits per heavy atom. The molecule has 0 aliphatic carbocycles. The SMILES string of the molecule is CCCCCCCCCCCCCCCCSC(Cl)=C(C(Cl)=C(Cl)Cl)[N+](=O)[O-]. The first-order valence-electron chi connectivity index (χ1n) is 10.3. The number of thioether (sulfide) groups is 1. The van der Waals surface area contributed by atoms with Crippen LogP contribution in [-0.2, 0) is 0 Å². The molecular weight excluding hydrogens is 460 g/mol. The summed E-state index contributed by atoms with van der Waals surface area (Å²) in [6.45, 7) is 2.25. The second-order valence-corrected chi connectivity index (χ2v) is 9.93. The van der Waals surface area contributed by atoms with E-state index in [1.807, 2.05) is 0 Å². The molecular formula is C20H33Cl4NO2S. The third kappa shape index (κ3) is 15.3. The van der Waals surface area contributed by atoms with E-state index in [9.17, 15) is 10.1 Å². The van der Waals surface area contributed by atoms with Crippen molar-refractivity contribution >= 4 is 58.2 Å². The van der Waals surface area contributed by atoms with Crippen LogP contribution in [0.4, 0.5) is 0 Å². The minimum Gasteiger partial charge on any atom is -0.258 e. The highest BCUT2D eigenvalue weighted by Crippen LogP contribution is 2.34. The second kappa shape index (κ2) is 19.4. The van der Waals surface area contributed by atoms with E-state index in [-0.39, 0.29) is 13.9 Å². The monoisotopic (exact) mass is 491 g/mol. The van der Waals surface area contributed by atoms with Crippen molar-refractivity contribution in [1.29, 1.82) is 0 Å². The maximum atomic E-state index is 11.1. The van der Waals surface area contributed by atoms with E-state index >= 15 is 0 Å². The Morgan fingerprint density at radius 3 is 1.50 bits per heavy atom. The van der Waals surface area contributed by atoms with Gasteiger partial charge in [-0.05, 0) is 12.2 Å². The number of unbranched alkanes of at least 4 members (excludes halogenated alkanes) is 13. The molecule has 0 aromatic carbocycles. The standard InChI is InChI=1S/C20H33Cl4NO2S/c1-2-3-4-5-6-7-8-9-10-11-12-13-14-15-16-28-20(24)18(25(26)27)17(21)19(22)23/h2-16H2,1H3. The highest BCUT2D eigenvalue weighted by Gasteiger charge is 2.24. The van der Waals surface area contributed by atoms with E-state index in [2.05, 4.69) is 6.92 Å². The molecule has 0 radical (unpaired) electrons. The molecule has 0 aliphatic heterocycles. The molecule has 0 aromatic rings. The van der Waals surface area contributed by atoms with Gasteiger partial charge in [0.2, 0.25) is 0 Å². The van der Waals surface area contributed by atoms with Crippen molar-refractivity contribution in [2.24, 2.45) is 0 Å². The van der Waals surface area contributed by atoms with Gasteiger partial charge in [0, 0.05) is 0 Å². The molecule has 0 amide bonds. The minimum absolute atomic E-state index is 0.0171. The van der Waals surface area contributed by atoms with E-state index < -0.39 is 10.6 Å². The Morgan fingerprint density at radius 2 is 1.14 bits per heavy atom. The van der Waals surface area contributed by atoms with Crippen LogP contribution < -0.4 is 0 Å². The molecule has 0 N–H and O–H groups in total. The van der Waals surface area contributed by atoms with Crippen molar-refractivity contribution in [3.8, 4) is 0 Å². The Kier molecular flexibility index (Phi) is 19.6. The van der Waals surface area contributed by atoms with Gasteiger partial charge in [0.25, 0.3) is 0 Å². The summed E-state index contributed by atoms with van der Waals surface area (Å²) in [5.41, 5.74) is -0.432. The Balaban J connectivity index is 3.67. The van der Waals surface area contributed by atoms with Crippen LogP contribution in [0.25, 0.3) is 0 Å². The fourth-order valence-electron chi connectivity index (χ4n) is 2.85. The fraction of sp³-hybridized carbons (Fsp3) is 0.800. The van der Waals surface area contributed by atoms with Crippen molar-refractivity contribution < 1.29 is 4.92 Å². The number of halogens is 4. The molecule has 0 aliphatic rings. The van der Waals surface area contributed by atoms with Crippen molar-refractivity contribution in [3.63, 3.8) is 0 Å². The molecule has 0 aromatic heterocycles. The maximum absolute atomic E-state index is 11.1. The molecule has 0 fully saturated rings. The summed E-state index contributed by atoms with van der Waals surface area (Å²) in [5.74, 6) is 0.707. The van der Waals surface area contributed by atoms with Crippen molar-refractivity contribution in [2.45, 2.75) is 96.8 Å². The van der Waals surface area contributed by atoms with Crippen LogP contribution in [0.15, 0.2) is 19.6 Å². The lowest BCUT2D eigenvalue weighted by Crippen LogP contribution is -2.01. The highest BCUT2D eigenvalue weighted by atomic mass is 35.5. The molecule has 0 atom stereocenters. The van der Waals surface area contributed by atoms with Crippen LogP contribution in [0, 0.1) is 10.1 Å². The first-order chi connectivity index (χ1) is 13.4. The van der Waals surface area contributed by atoms with Gasteiger partial charge in [-0.25, -0.2) is 0 Å². The van der Waals surface area contributed by atoms with Crippen LogP contribution in [-0.4, -0.2) is 10.7 Å². The van der Waals surface area contributed by atoms with Crippen molar-refractivity contribution in [1.82, 2.24) is 0 Å². The molecule has 28 heavy (non-hydrogen) atoms. The average molecular weight is 493 g/mol. The van der Waals surface area contributed by atoms with Crippen LogP contribution in [0.2, 0.25) is 0 Å². The predicted molar refractivity (Wildman–Crippen MR) is 127 cm³/mol. The number of nitrogens with zero attached hydrogens (tertiary/aromatic N) is 1. The first kappa shape index (κ1) is 28.4. The normalized spacial score (nSPS) is 12.0. The topological polar surface area (TPSA) is 43.1 Å². The van der Waals surface area contributed by atoms with E-state index in [1.165, 1.54) is 88.8 Å². The fourth-order valence-corrected chi connectivity index (χ4v) is 4.54. The van der Waals surface area contributed by atoms with Crippen LogP contribution in [0.1, 0.15) is 96.8 Å². The highest BCUT2D eigenvalue weighted by molar-refractivity contribution is 8.04. The van der Waals surface area contributed by atoms with Gasteiger partial charge < -0.3 is 0 Å². The number of rotatable bonds is 18. The smallest absolute Gasteiger partial charge is 0.258 e. The lowest BCUT2D eigenvalue weighted by molar-refractivity contribution is -0.419. The van der Waals surface area contributed by atoms with Gasteiger partial charge in [0.15, 0.2) is 9.40 Å². The Labute approximate surface area is 194 Å². The van der Waals surface area contributed by atoms with E-state index in [1.54, 1.807) is 0 Å². The zero-order chi connectivity index (χ0) is 21.2. The largest absolute Gasteiger partial charge is 0.315 e. The van der Waals surface area contributed by atoms with Crippen LogP contribution >= 0.6 is 58.2 Å². The van der Waals surface area contributed by atoms with Gasteiger partial charge >= 0.3 is 5.70 Å². The van der Waals surface area contributed by atoms with Crippen LogP contribution in [0.5, 0.6) is 0 Å². The van der Waals surface area contributed by atoms with Crippen molar-refractivity contribution in [2.75, 3.05) is 5.75 Å². The molecule has 0 saturated carbocycles. The summed E-state index contributed by atoms with van der Waals surface area (Å²) in [4.78, 5) is 10.4. The number of hydrogen-bond acceptors (Lipinski definition) is 3. The summed E-state index contributed by atoms with van der Waals surface area (Å²) in [7, 11) is 0. The molecule has 164 valence electrons. The number of hydrogen-bond donors (Lipinski definition) is 0. The van der Waals surface area contributed by atoms with Gasteiger partial charge in [-0.15, -0.1) is 11.8 Å². The molecule has 0 rings (SSSR count). The van der Waals surface area contributed by atoms with Gasteiger partial charge in [0.05, 0.1) is 4.92 Å². The summed E-state index contributed by atoms with van der Waals surface area (Å²) >= 11 is 24.0. The summed E-state index contributed by atoms with van der Waals surface area (Å²) < 4.78 is -0.341. The third-order valence-electron chi connectivity index (χ3n) is 4.47. The van der Waals surface area contributed by atoms with Crippen molar-refractivity contribution in [3.05, 3.63) is 29.7 Å². The van der Waals surface area contributed by atoms with Gasteiger partial charge in [-0.3, -0.25) is 10.1 Å². The zero-order valence-corrected chi connectivity index (χ0v) is 20.6. The van der Waals surface area contributed by atoms with Gasteiger partial charge in [-0.1, -0.05) is 137 Å². The van der Waals surface area contributed by atoms with E-state index in [0.717, 1.165) is 12.8 Å². The molecule has 0 heterocycles. The maximum Gasteiger partial charge on any atom is 0.315 e. The number of allylic oxidation sites excluding steroid dienone is 1. The quantitative estimate of drug-likeness (QED) is 0.0826. The molecule has 8 heteroatoms. The third-order valence-corrected chi connectivity index (χ3v) is 6.85. The Bertz CT molecular complexity index is 495. The lowest BCUT2D eigenvalue weighted by Gasteiger charge is -2.04. The second-order valence-electron chi connectivity index (χ2n) is 6.90. The zero-order valence-electron chi connectivity index (χ0n) is 16.8. The molecule has 0 unspecified atom stereocenters. The molecule has 0 bridgehead atoms. The Hall–Kier alpha value is 0.390. The first-order valence-corrected chi connectivity index (χ1v) is 12.8. The average Bonchev–Trinajstić information content (AvgIpc) is 2.64. The van der Waals surface area contributed by atoms with Gasteiger partial charge in [0.1, 0.15) is 4.49 Å². The minimum atomic E-state index is -0.659. The summed E-state index contributed by atoms with van der Waals surface area (Å²) in [6, 6.07) is 0. The molecule has 0 spiro atoms. The lowest BCUT2D eigenvalue weighted by atomic mass is 10.0. The summed E-state index contributed by atoms with van der Waals surface area (Å²) in [5, 5.41) is 10.7. The van der Waals surface area contributed by atoms with Crippen LogP contribution in [0.3, 0.4) is 0 Å². The van der Waals surface area contributed by atoms with E-state index in [0.29, 0.717) is 5.75 Å². The van der Waals surface area contributed by atoms with E-state index in [4.69, 9.17) is 46.4 Å². The molecule has 0 saturated heterocycles. The molecule has 3 nitrogen and oxygen atoms in total. The predicted octanol–water partition coefficient (Wildman–Crippen LogP) is 9.77. The summed E-state index contributed by atoms with van der Waals surface area (Å²) in [6.07, 6.45) is 18.1. The van der Waals surface area contributed by atoms with Gasteiger partial charge in [-0.2, -0.15) is 0 Å².